The fourth-order valence-electron chi connectivity index (χ4n) is 1.59. The first kappa shape index (κ1) is 15.8. The third-order valence-electron chi connectivity index (χ3n) is 2.64. The van der Waals surface area contributed by atoms with Gasteiger partial charge in [-0.1, -0.05) is 0 Å². The highest BCUT2D eigenvalue weighted by Gasteiger charge is 2.04. The number of carbonyl (C=O) groups excluding carboxylic acids is 1. The molecule has 0 fully saturated rings. The van der Waals surface area contributed by atoms with Gasteiger partial charge in [0.1, 0.15) is 12.4 Å². The number of hydrogen-bond acceptors (Lipinski definition) is 4. The molecule has 0 aliphatic heterocycles. The summed E-state index contributed by atoms with van der Waals surface area (Å²) in [6.07, 6.45) is 3.08. The zero-order valence-electron chi connectivity index (χ0n) is 11.6. The Kier molecular flexibility index (Phi) is 5.79. The van der Waals surface area contributed by atoms with E-state index in [9.17, 15) is 9.18 Å². The molecule has 7 heteroatoms. The van der Waals surface area contributed by atoms with Gasteiger partial charge in [0.05, 0.1) is 12.1 Å². The van der Waals surface area contributed by atoms with Gasteiger partial charge in [-0.05, 0) is 48.6 Å². The van der Waals surface area contributed by atoms with Gasteiger partial charge in [0, 0.05) is 18.1 Å². The van der Waals surface area contributed by atoms with Crippen molar-refractivity contribution in [2.45, 2.75) is 0 Å². The van der Waals surface area contributed by atoms with Crippen LogP contribution >= 0.6 is 12.2 Å². The molecule has 0 unspecified atom stereocenters. The number of anilines is 1. The Bertz CT molecular complexity index is 635. The second-order valence-corrected chi connectivity index (χ2v) is 4.64. The van der Waals surface area contributed by atoms with Gasteiger partial charge < -0.3 is 15.4 Å². The van der Waals surface area contributed by atoms with E-state index in [1.807, 2.05) is 0 Å². The lowest BCUT2D eigenvalue weighted by Crippen LogP contribution is -2.28. The van der Waals surface area contributed by atoms with Crippen molar-refractivity contribution < 1.29 is 13.9 Å². The topological polar surface area (TPSA) is 63.2 Å². The van der Waals surface area contributed by atoms with Crippen molar-refractivity contribution in [3.8, 4) is 0 Å². The average Bonchev–Trinajstić information content (AvgIpc) is 2.54. The first-order valence-electron chi connectivity index (χ1n) is 6.53. The Morgan fingerprint density at radius 3 is 2.73 bits per heavy atom. The molecule has 2 aromatic rings. The van der Waals surface area contributed by atoms with E-state index in [1.54, 1.807) is 30.5 Å². The zero-order chi connectivity index (χ0) is 15.8. The summed E-state index contributed by atoms with van der Waals surface area (Å²) in [6, 6.07) is 9.10. The molecule has 2 N–H and O–H groups in total. The number of pyridine rings is 1. The minimum Gasteiger partial charge on any atom is -0.469 e. The fraction of sp³-hybridized carbons (Fsp3) is 0.133. The van der Waals surface area contributed by atoms with Crippen molar-refractivity contribution in [3.63, 3.8) is 0 Å². The van der Waals surface area contributed by atoms with Crippen molar-refractivity contribution in [1.29, 1.82) is 0 Å². The van der Waals surface area contributed by atoms with Crippen molar-refractivity contribution in [2.24, 2.45) is 0 Å². The number of amides is 1. The highest BCUT2D eigenvalue weighted by atomic mass is 32.1. The van der Waals surface area contributed by atoms with Gasteiger partial charge in [0.25, 0.3) is 11.1 Å². The second kappa shape index (κ2) is 8.04. The van der Waals surface area contributed by atoms with Gasteiger partial charge in [-0.3, -0.25) is 9.78 Å². The summed E-state index contributed by atoms with van der Waals surface area (Å²) < 4.78 is 18.0. The van der Waals surface area contributed by atoms with Gasteiger partial charge in [-0.15, -0.1) is 0 Å². The van der Waals surface area contributed by atoms with Gasteiger partial charge in [-0.25, -0.2) is 4.39 Å². The van der Waals surface area contributed by atoms with E-state index < -0.39 is 0 Å². The lowest BCUT2D eigenvalue weighted by atomic mass is 10.3. The third kappa shape index (κ3) is 5.10. The largest absolute Gasteiger partial charge is 0.469 e. The van der Waals surface area contributed by atoms with E-state index in [1.165, 1.54) is 18.3 Å². The number of rotatable bonds is 5. The van der Waals surface area contributed by atoms with Crippen LogP contribution in [0.5, 0.6) is 0 Å². The highest BCUT2D eigenvalue weighted by Crippen LogP contribution is 2.08. The molecular formula is C15H14FN3O2S. The van der Waals surface area contributed by atoms with E-state index in [0.717, 1.165) is 0 Å². The minimum absolute atomic E-state index is 0.155. The van der Waals surface area contributed by atoms with Crippen LogP contribution in [-0.4, -0.2) is 29.2 Å². The summed E-state index contributed by atoms with van der Waals surface area (Å²) in [7, 11) is 0. The lowest BCUT2D eigenvalue weighted by Gasteiger charge is -2.10. The van der Waals surface area contributed by atoms with Crippen LogP contribution in [0.4, 0.5) is 10.1 Å². The molecule has 0 bridgehead atoms. The molecule has 5 nitrogen and oxygen atoms in total. The minimum atomic E-state index is -0.324. The van der Waals surface area contributed by atoms with E-state index in [0.29, 0.717) is 17.8 Å². The molecule has 0 atom stereocenters. The van der Waals surface area contributed by atoms with E-state index >= 15 is 0 Å². The number of nitrogens with one attached hydrogen (secondary N) is 2. The Hall–Kier alpha value is -2.54. The maximum Gasteiger partial charge on any atom is 0.261 e. The maximum atomic E-state index is 12.8. The van der Waals surface area contributed by atoms with Gasteiger partial charge in [0.15, 0.2) is 0 Å². The molecule has 0 saturated carbocycles. The van der Waals surface area contributed by atoms with Crippen LogP contribution in [0.15, 0.2) is 48.8 Å². The van der Waals surface area contributed by atoms with E-state index in [2.05, 4.69) is 15.6 Å². The average molecular weight is 319 g/mol. The number of carbonyl (C=O) groups is 1. The molecule has 0 aliphatic rings. The van der Waals surface area contributed by atoms with Gasteiger partial charge >= 0.3 is 0 Å². The Labute approximate surface area is 132 Å². The molecule has 0 saturated heterocycles. The second-order valence-electron chi connectivity index (χ2n) is 4.27. The smallest absolute Gasteiger partial charge is 0.261 e. The first-order valence-corrected chi connectivity index (χ1v) is 6.93. The monoisotopic (exact) mass is 319 g/mol. The number of hydrogen-bond donors (Lipinski definition) is 2. The molecule has 1 aromatic carbocycles. The van der Waals surface area contributed by atoms with Gasteiger partial charge in [0.2, 0.25) is 0 Å². The van der Waals surface area contributed by atoms with Crippen molar-refractivity contribution in [1.82, 2.24) is 10.3 Å². The predicted molar refractivity (Wildman–Crippen MR) is 85.1 cm³/mol. The summed E-state index contributed by atoms with van der Waals surface area (Å²) in [5.74, 6) is -0.551. The van der Waals surface area contributed by atoms with Crippen LogP contribution in [0.25, 0.3) is 0 Å². The molecule has 2 rings (SSSR count). The molecule has 0 radical (unpaired) electrons. The Morgan fingerprint density at radius 1 is 1.27 bits per heavy atom. The van der Waals surface area contributed by atoms with E-state index in [-0.39, 0.29) is 23.5 Å². The number of nitrogens with zero attached hydrogens (tertiary/aromatic N) is 1. The molecule has 22 heavy (non-hydrogen) atoms. The predicted octanol–water partition coefficient (Wildman–Crippen LogP) is 2.36. The zero-order valence-corrected chi connectivity index (χ0v) is 12.4. The van der Waals surface area contributed by atoms with Crippen molar-refractivity contribution in [2.75, 3.05) is 18.5 Å². The SMILES string of the molecule is O=C(NCCOC(=S)Nc1ccc(F)cc1)c1cccnc1. The van der Waals surface area contributed by atoms with Crippen LogP contribution in [0.3, 0.4) is 0 Å². The molecule has 0 aliphatic carbocycles. The Morgan fingerprint density at radius 2 is 2.05 bits per heavy atom. The number of halogens is 1. The maximum absolute atomic E-state index is 12.8. The molecule has 0 spiro atoms. The van der Waals surface area contributed by atoms with Crippen molar-refractivity contribution >= 4 is 29.0 Å². The number of benzene rings is 1. The summed E-state index contributed by atoms with van der Waals surface area (Å²) >= 11 is 4.99. The van der Waals surface area contributed by atoms with Crippen molar-refractivity contribution in [3.05, 3.63) is 60.2 Å². The standard InChI is InChI=1S/C15H14FN3O2S/c16-12-3-5-13(6-4-12)19-15(22)21-9-8-18-14(20)11-2-1-7-17-10-11/h1-7,10H,8-9H2,(H,18,20)(H,19,22). The molecule has 1 aromatic heterocycles. The van der Waals surface area contributed by atoms with Crippen LogP contribution in [0, 0.1) is 5.82 Å². The summed E-state index contributed by atoms with van der Waals surface area (Å²) in [6.45, 7) is 0.526. The lowest BCUT2D eigenvalue weighted by molar-refractivity contribution is 0.0946. The third-order valence-corrected chi connectivity index (χ3v) is 2.86. The molecule has 114 valence electrons. The normalized spacial score (nSPS) is 9.86. The quantitative estimate of drug-likeness (QED) is 0.654. The number of ether oxygens (including phenoxy) is 1. The summed E-state index contributed by atoms with van der Waals surface area (Å²) in [5, 5.41) is 5.65. The van der Waals surface area contributed by atoms with E-state index in [4.69, 9.17) is 17.0 Å². The number of aromatic nitrogens is 1. The highest BCUT2D eigenvalue weighted by molar-refractivity contribution is 7.80. The number of thiocarbonyl (C=S) groups is 1. The summed E-state index contributed by atoms with van der Waals surface area (Å²) in [5.41, 5.74) is 1.11. The Balaban J connectivity index is 1.67. The van der Waals surface area contributed by atoms with Crippen LogP contribution in [-0.2, 0) is 4.74 Å². The van der Waals surface area contributed by atoms with Crippen LogP contribution in [0.1, 0.15) is 10.4 Å². The molecule has 1 heterocycles. The molecular weight excluding hydrogens is 305 g/mol. The first-order chi connectivity index (χ1) is 10.6. The van der Waals surface area contributed by atoms with Gasteiger partial charge in [-0.2, -0.15) is 0 Å². The molecule has 1 amide bonds. The summed E-state index contributed by atoms with van der Waals surface area (Å²) in [4.78, 5) is 15.6. The van der Waals surface area contributed by atoms with Crippen LogP contribution in [0.2, 0.25) is 0 Å². The van der Waals surface area contributed by atoms with Crippen LogP contribution < -0.4 is 10.6 Å². The fourth-order valence-corrected chi connectivity index (χ4v) is 1.80.